The standard InChI is InChI=1S/C16H18N6O/c1-21(16-10-3-5-18-15(10)19-9-20-16)6-11-12-7-22(8-13(11)12)14(23)2-4-17/h3,5,9,11-13H,2,6-8H2,1H3,(H,18,19,20)/t11-,12-,13+. The summed E-state index contributed by atoms with van der Waals surface area (Å²) in [5.41, 5.74) is 0.853. The summed E-state index contributed by atoms with van der Waals surface area (Å²) in [6.45, 7) is 2.53. The molecule has 2 fully saturated rings. The highest BCUT2D eigenvalue weighted by Gasteiger charge is 2.56. The predicted octanol–water partition coefficient (Wildman–Crippen LogP) is 1.01. The van der Waals surface area contributed by atoms with Crippen molar-refractivity contribution in [3.05, 3.63) is 18.6 Å². The normalized spacial score (nSPS) is 25.2. The Labute approximate surface area is 133 Å². The van der Waals surface area contributed by atoms with E-state index in [1.54, 1.807) is 6.33 Å². The number of hydrogen-bond donors (Lipinski definition) is 1. The van der Waals surface area contributed by atoms with Crippen LogP contribution in [0.2, 0.25) is 0 Å². The minimum absolute atomic E-state index is 0.00356. The molecule has 7 heteroatoms. The molecule has 0 bridgehead atoms. The van der Waals surface area contributed by atoms with E-state index in [-0.39, 0.29) is 12.3 Å². The van der Waals surface area contributed by atoms with Crippen molar-refractivity contribution in [2.24, 2.45) is 17.8 Å². The van der Waals surface area contributed by atoms with Crippen LogP contribution in [-0.2, 0) is 4.79 Å². The minimum atomic E-state index is -0.0309. The summed E-state index contributed by atoms with van der Waals surface area (Å²) < 4.78 is 0. The molecular formula is C16H18N6O. The average molecular weight is 310 g/mol. The van der Waals surface area contributed by atoms with Crippen LogP contribution in [0.4, 0.5) is 5.82 Å². The maximum atomic E-state index is 11.8. The van der Waals surface area contributed by atoms with Crippen LogP contribution in [-0.4, -0.2) is 52.4 Å². The molecule has 0 aromatic carbocycles. The summed E-state index contributed by atoms with van der Waals surface area (Å²) in [4.78, 5) is 27.5. The van der Waals surface area contributed by atoms with E-state index in [4.69, 9.17) is 5.26 Å². The van der Waals surface area contributed by atoms with Gasteiger partial charge in [-0.05, 0) is 23.8 Å². The van der Waals surface area contributed by atoms with E-state index in [1.165, 1.54) is 0 Å². The number of nitrogens with one attached hydrogen (secondary N) is 1. The SMILES string of the molecule is CN(C[C@H]1[C@@H]2CN(C(=O)CC#N)C[C@@H]21)c1ncnc2[nH]ccc12. The number of likely N-dealkylation sites (tertiary alicyclic amines) is 1. The molecular weight excluding hydrogens is 292 g/mol. The van der Waals surface area contributed by atoms with Crippen molar-refractivity contribution in [1.29, 1.82) is 5.26 Å². The fraction of sp³-hybridized carbons (Fsp3) is 0.500. The van der Waals surface area contributed by atoms with Gasteiger partial charge in [0.15, 0.2) is 0 Å². The molecule has 2 aromatic heterocycles. The Balaban J connectivity index is 1.39. The van der Waals surface area contributed by atoms with Crippen molar-refractivity contribution in [2.45, 2.75) is 6.42 Å². The molecule has 7 nitrogen and oxygen atoms in total. The van der Waals surface area contributed by atoms with E-state index in [1.807, 2.05) is 23.2 Å². The molecule has 3 atom stereocenters. The lowest BCUT2D eigenvalue weighted by atomic mass is 10.2. The Bertz CT molecular complexity index is 781. The summed E-state index contributed by atoms with van der Waals surface area (Å²) in [6.07, 6.45) is 3.46. The van der Waals surface area contributed by atoms with Gasteiger partial charge in [0.25, 0.3) is 0 Å². The number of aromatic amines is 1. The van der Waals surface area contributed by atoms with Crippen LogP contribution in [0.15, 0.2) is 18.6 Å². The number of amides is 1. The van der Waals surface area contributed by atoms with Gasteiger partial charge in [0.05, 0.1) is 11.5 Å². The number of H-pyrrole nitrogens is 1. The van der Waals surface area contributed by atoms with Crippen molar-refractivity contribution in [2.75, 3.05) is 31.6 Å². The molecule has 2 aromatic rings. The maximum Gasteiger partial charge on any atom is 0.236 e. The van der Waals surface area contributed by atoms with E-state index in [0.717, 1.165) is 36.5 Å². The predicted molar refractivity (Wildman–Crippen MR) is 84.4 cm³/mol. The van der Waals surface area contributed by atoms with Crippen LogP contribution in [0.3, 0.4) is 0 Å². The number of nitriles is 1. The summed E-state index contributed by atoms with van der Waals surface area (Å²) in [5, 5.41) is 9.66. The first-order chi connectivity index (χ1) is 11.2. The summed E-state index contributed by atoms with van der Waals surface area (Å²) in [5.74, 6) is 2.66. The first-order valence-electron chi connectivity index (χ1n) is 7.83. The first kappa shape index (κ1) is 14.0. The number of anilines is 1. The van der Waals surface area contributed by atoms with Gasteiger partial charge in [0.2, 0.25) is 5.91 Å². The second kappa shape index (κ2) is 5.23. The molecule has 3 heterocycles. The number of nitrogens with zero attached hydrogens (tertiary/aromatic N) is 5. The largest absolute Gasteiger partial charge is 0.359 e. The smallest absolute Gasteiger partial charge is 0.236 e. The summed E-state index contributed by atoms with van der Waals surface area (Å²) in [7, 11) is 2.06. The number of rotatable bonds is 4. The second-order valence-electron chi connectivity index (χ2n) is 6.44. The molecule has 1 N–H and O–H groups in total. The zero-order chi connectivity index (χ0) is 16.0. The Hall–Kier alpha value is -2.62. The number of aromatic nitrogens is 3. The van der Waals surface area contributed by atoms with Crippen molar-refractivity contribution in [3.8, 4) is 6.07 Å². The quantitative estimate of drug-likeness (QED) is 0.910. The van der Waals surface area contributed by atoms with E-state index in [9.17, 15) is 4.79 Å². The van der Waals surface area contributed by atoms with Crippen LogP contribution in [0, 0.1) is 29.1 Å². The van der Waals surface area contributed by atoms with Crippen LogP contribution < -0.4 is 4.90 Å². The Morgan fingerprint density at radius 1 is 1.48 bits per heavy atom. The van der Waals surface area contributed by atoms with Gasteiger partial charge in [-0.3, -0.25) is 4.79 Å². The van der Waals surface area contributed by atoms with Gasteiger partial charge in [-0.25, -0.2) is 9.97 Å². The average Bonchev–Trinajstić information content (AvgIpc) is 2.98. The van der Waals surface area contributed by atoms with Crippen molar-refractivity contribution in [3.63, 3.8) is 0 Å². The monoisotopic (exact) mass is 310 g/mol. The molecule has 118 valence electrons. The Kier molecular flexibility index (Phi) is 3.18. The van der Waals surface area contributed by atoms with Crippen LogP contribution in [0.5, 0.6) is 0 Å². The van der Waals surface area contributed by atoms with Crippen LogP contribution in [0.1, 0.15) is 6.42 Å². The zero-order valence-corrected chi connectivity index (χ0v) is 12.9. The van der Waals surface area contributed by atoms with Gasteiger partial charge in [-0.2, -0.15) is 5.26 Å². The van der Waals surface area contributed by atoms with Gasteiger partial charge in [0, 0.05) is 32.9 Å². The molecule has 0 unspecified atom stereocenters. The molecule has 1 aliphatic carbocycles. The number of carbonyl (C=O) groups excluding carboxylic acids is 1. The van der Waals surface area contributed by atoms with Crippen molar-refractivity contribution >= 4 is 22.8 Å². The van der Waals surface area contributed by atoms with E-state index < -0.39 is 0 Å². The summed E-state index contributed by atoms with van der Waals surface area (Å²) in [6, 6.07) is 3.93. The Morgan fingerprint density at radius 3 is 3.00 bits per heavy atom. The van der Waals surface area contributed by atoms with Gasteiger partial charge >= 0.3 is 0 Å². The zero-order valence-electron chi connectivity index (χ0n) is 12.9. The van der Waals surface area contributed by atoms with Crippen LogP contribution in [0.25, 0.3) is 11.0 Å². The fourth-order valence-electron chi connectivity index (χ4n) is 3.87. The van der Waals surface area contributed by atoms with E-state index in [2.05, 4.69) is 26.9 Å². The lowest BCUT2D eigenvalue weighted by Crippen LogP contribution is -2.33. The summed E-state index contributed by atoms with van der Waals surface area (Å²) >= 11 is 0. The Morgan fingerprint density at radius 2 is 2.26 bits per heavy atom. The topological polar surface area (TPSA) is 88.9 Å². The van der Waals surface area contributed by atoms with Gasteiger partial charge < -0.3 is 14.8 Å². The highest BCUT2D eigenvalue weighted by molar-refractivity contribution is 5.87. The fourth-order valence-corrected chi connectivity index (χ4v) is 3.87. The second-order valence-corrected chi connectivity index (χ2v) is 6.44. The van der Waals surface area contributed by atoms with Crippen molar-refractivity contribution < 1.29 is 4.79 Å². The minimum Gasteiger partial charge on any atom is -0.359 e. The number of piperidine rings is 1. The number of carbonyl (C=O) groups is 1. The third-order valence-corrected chi connectivity index (χ3v) is 5.13. The molecule has 2 aliphatic rings. The highest BCUT2D eigenvalue weighted by atomic mass is 16.2. The molecule has 4 rings (SSSR count). The number of fused-ring (bicyclic) bond motifs is 2. The molecule has 0 radical (unpaired) electrons. The lowest BCUT2D eigenvalue weighted by molar-refractivity contribution is -0.129. The highest BCUT2D eigenvalue weighted by Crippen LogP contribution is 2.52. The molecule has 1 aliphatic heterocycles. The van der Waals surface area contributed by atoms with Crippen molar-refractivity contribution in [1.82, 2.24) is 19.9 Å². The third kappa shape index (κ3) is 2.31. The molecule has 1 saturated carbocycles. The third-order valence-electron chi connectivity index (χ3n) is 5.13. The maximum absolute atomic E-state index is 11.8. The molecule has 1 saturated heterocycles. The van der Waals surface area contributed by atoms with E-state index >= 15 is 0 Å². The first-order valence-corrected chi connectivity index (χ1v) is 7.83. The lowest BCUT2D eigenvalue weighted by Gasteiger charge is -2.22. The molecule has 0 spiro atoms. The molecule has 1 amide bonds. The van der Waals surface area contributed by atoms with Gasteiger partial charge in [0.1, 0.15) is 24.2 Å². The van der Waals surface area contributed by atoms with Crippen LogP contribution >= 0.6 is 0 Å². The van der Waals surface area contributed by atoms with E-state index in [0.29, 0.717) is 17.8 Å². The number of hydrogen-bond acceptors (Lipinski definition) is 5. The van der Waals surface area contributed by atoms with Gasteiger partial charge in [-0.1, -0.05) is 0 Å². The molecule has 23 heavy (non-hydrogen) atoms. The van der Waals surface area contributed by atoms with Gasteiger partial charge in [-0.15, -0.1) is 0 Å².